The van der Waals surface area contributed by atoms with E-state index in [4.69, 9.17) is 4.52 Å². The second-order valence-corrected chi connectivity index (χ2v) is 7.87. The van der Waals surface area contributed by atoms with Gasteiger partial charge >= 0.3 is 0 Å². The first kappa shape index (κ1) is 20.2. The van der Waals surface area contributed by atoms with Gasteiger partial charge in [0, 0.05) is 50.2 Å². The zero-order chi connectivity index (χ0) is 21.8. The Labute approximate surface area is 187 Å². The second-order valence-electron chi connectivity index (χ2n) is 7.87. The SMILES string of the molecule is O=C(c1cc(-c2cccnc2)on1)N1CCN(C(c2ccccc2)c2ccccc2)CC1. The highest BCUT2D eigenvalue weighted by molar-refractivity contribution is 5.93. The first-order chi connectivity index (χ1) is 15.8. The molecule has 4 aromatic rings. The zero-order valence-electron chi connectivity index (χ0n) is 17.7. The summed E-state index contributed by atoms with van der Waals surface area (Å²) in [5.41, 5.74) is 3.66. The third kappa shape index (κ3) is 4.18. The van der Waals surface area contributed by atoms with Crippen molar-refractivity contribution in [3.8, 4) is 11.3 Å². The number of rotatable bonds is 5. The predicted molar refractivity (Wildman–Crippen MR) is 122 cm³/mol. The molecular weight excluding hydrogens is 400 g/mol. The summed E-state index contributed by atoms with van der Waals surface area (Å²) in [7, 11) is 0. The lowest BCUT2D eigenvalue weighted by Gasteiger charge is -2.39. The molecule has 2 aromatic carbocycles. The Balaban J connectivity index is 1.30. The van der Waals surface area contributed by atoms with Crippen molar-refractivity contribution in [2.75, 3.05) is 26.2 Å². The maximum Gasteiger partial charge on any atom is 0.276 e. The van der Waals surface area contributed by atoms with Gasteiger partial charge in [-0.15, -0.1) is 0 Å². The minimum Gasteiger partial charge on any atom is -0.355 e. The van der Waals surface area contributed by atoms with Crippen molar-refractivity contribution in [3.63, 3.8) is 0 Å². The summed E-state index contributed by atoms with van der Waals surface area (Å²) in [6, 6.07) is 26.7. The fourth-order valence-electron chi connectivity index (χ4n) is 4.25. The maximum atomic E-state index is 13.0. The molecule has 0 radical (unpaired) electrons. The van der Waals surface area contributed by atoms with Crippen molar-refractivity contribution in [2.24, 2.45) is 0 Å². The van der Waals surface area contributed by atoms with E-state index in [0.717, 1.165) is 18.7 Å². The molecule has 160 valence electrons. The molecule has 0 N–H and O–H groups in total. The molecule has 0 aliphatic carbocycles. The Morgan fingerprint density at radius 3 is 2.09 bits per heavy atom. The van der Waals surface area contributed by atoms with E-state index in [0.29, 0.717) is 24.5 Å². The summed E-state index contributed by atoms with van der Waals surface area (Å²) in [4.78, 5) is 21.4. The molecule has 0 bridgehead atoms. The summed E-state index contributed by atoms with van der Waals surface area (Å²) < 4.78 is 5.39. The third-order valence-corrected chi connectivity index (χ3v) is 5.87. The fourth-order valence-corrected chi connectivity index (χ4v) is 4.25. The molecule has 1 saturated heterocycles. The van der Waals surface area contributed by atoms with Crippen LogP contribution in [0.2, 0.25) is 0 Å². The molecular formula is C26H24N4O2. The van der Waals surface area contributed by atoms with Crippen LogP contribution in [0.1, 0.15) is 27.7 Å². The van der Waals surface area contributed by atoms with Gasteiger partial charge in [0.05, 0.1) is 6.04 Å². The lowest BCUT2D eigenvalue weighted by molar-refractivity contribution is 0.0588. The normalized spacial score (nSPS) is 14.6. The smallest absolute Gasteiger partial charge is 0.276 e. The van der Waals surface area contributed by atoms with Crippen molar-refractivity contribution < 1.29 is 9.32 Å². The Hall–Kier alpha value is -3.77. The molecule has 0 spiro atoms. The Bertz CT molecular complexity index is 1110. The van der Waals surface area contributed by atoms with E-state index in [2.05, 4.69) is 63.6 Å². The highest BCUT2D eigenvalue weighted by Crippen LogP contribution is 2.29. The van der Waals surface area contributed by atoms with Crippen LogP contribution in [-0.2, 0) is 0 Å². The molecule has 1 amide bonds. The van der Waals surface area contributed by atoms with E-state index in [9.17, 15) is 4.79 Å². The molecule has 32 heavy (non-hydrogen) atoms. The van der Waals surface area contributed by atoms with Crippen molar-refractivity contribution in [1.29, 1.82) is 0 Å². The van der Waals surface area contributed by atoms with Crippen molar-refractivity contribution in [3.05, 3.63) is 108 Å². The molecule has 3 heterocycles. The summed E-state index contributed by atoms with van der Waals surface area (Å²) in [5.74, 6) is 0.452. The molecule has 0 saturated carbocycles. The number of nitrogens with zero attached hydrogens (tertiary/aromatic N) is 4. The number of carbonyl (C=O) groups excluding carboxylic acids is 1. The average molecular weight is 425 g/mol. The summed E-state index contributed by atoms with van der Waals surface area (Å²) in [5, 5.41) is 4.01. The van der Waals surface area contributed by atoms with Gasteiger partial charge in [0.15, 0.2) is 11.5 Å². The van der Waals surface area contributed by atoms with E-state index in [1.165, 1.54) is 11.1 Å². The van der Waals surface area contributed by atoms with E-state index >= 15 is 0 Å². The molecule has 1 aliphatic rings. The van der Waals surface area contributed by atoms with Crippen LogP contribution in [0.15, 0.2) is 95.8 Å². The van der Waals surface area contributed by atoms with Crippen LogP contribution in [0, 0.1) is 0 Å². The maximum absolute atomic E-state index is 13.0. The number of benzene rings is 2. The van der Waals surface area contributed by atoms with Crippen LogP contribution in [-0.4, -0.2) is 52.0 Å². The topological polar surface area (TPSA) is 62.5 Å². The minimum absolute atomic E-state index is 0.0977. The van der Waals surface area contributed by atoms with Gasteiger partial charge in [-0.2, -0.15) is 0 Å². The predicted octanol–water partition coefficient (Wildman–Crippen LogP) is 4.28. The van der Waals surface area contributed by atoms with Gasteiger partial charge in [-0.05, 0) is 23.3 Å². The van der Waals surface area contributed by atoms with Crippen molar-refractivity contribution >= 4 is 5.91 Å². The number of hydrogen-bond donors (Lipinski definition) is 0. The fraction of sp³-hybridized carbons (Fsp3) is 0.192. The zero-order valence-corrected chi connectivity index (χ0v) is 17.7. The van der Waals surface area contributed by atoms with Gasteiger partial charge in [0.1, 0.15) is 0 Å². The highest BCUT2D eigenvalue weighted by Gasteiger charge is 2.29. The molecule has 0 atom stereocenters. The number of piperazine rings is 1. The lowest BCUT2D eigenvalue weighted by atomic mass is 9.96. The Morgan fingerprint density at radius 1 is 0.844 bits per heavy atom. The molecule has 6 nitrogen and oxygen atoms in total. The van der Waals surface area contributed by atoms with Gasteiger partial charge in [0.25, 0.3) is 5.91 Å². The van der Waals surface area contributed by atoms with Crippen LogP contribution in [0.25, 0.3) is 11.3 Å². The van der Waals surface area contributed by atoms with Crippen molar-refractivity contribution in [2.45, 2.75) is 6.04 Å². The van der Waals surface area contributed by atoms with E-state index in [1.807, 2.05) is 29.2 Å². The van der Waals surface area contributed by atoms with Crippen molar-refractivity contribution in [1.82, 2.24) is 19.9 Å². The largest absolute Gasteiger partial charge is 0.355 e. The Kier molecular flexibility index (Phi) is 5.77. The molecule has 1 fully saturated rings. The summed E-state index contributed by atoms with van der Waals surface area (Å²) in [6.45, 7) is 2.86. The number of amides is 1. The van der Waals surface area contributed by atoms with Crippen LogP contribution < -0.4 is 0 Å². The average Bonchev–Trinajstić information content (AvgIpc) is 3.37. The van der Waals surface area contributed by atoms with Gasteiger partial charge in [0.2, 0.25) is 0 Å². The quantitative estimate of drug-likeness (QED) is 0.478. The van der Waals surface area contributed by atoms with E-state index in [1.54, 1.807) is 18.5 Å². The molecule has 5 rings (SSSR count). The Morgan fingerprint density at radius 2 is 1.50 bits per heavy atom. The van der Waals surface area contributed by atoms with Gasteiger partial charge in [-0.1, -0.05) is 65.8 Å². The van der Waals surface area contributed by atoms with Crippen LogP contribution >= 0.6 is 0 Å². The van der Waals surface area contributed by atoms with Gasteiger partial charge in [-0.25, -0.2) is 0 Å². The molecule has 2 aromatic heterocycles. The number of pyridine rings is 1. The van der Waals surface area contributed by atoms with Gasteiger partial charge < -0.3 is 9.42 Å². The molecule has 0 unspecified atom stereocenters. The molecule has 1 aliphatic heterocycles. The molecule has 6 heteroatoms. The third-order valence-electron chi connectivity index (χ3n) is 5.87. The highest BCUT2D eigenvalue weighted by atomic mass is 16.5. The standard InChI is InChI=1S/C26H24N4O2/c31-26(23-18-24(32-28-23)22-12-7-13-27-19-22)30-16-14-29(15-17-30)25(20-8-3-1-4-9-20)21-10-5-2-6-11-21/h1-13,18-19,25H,14-17H2. The van der Waals surface area contributed by atoms with Crippen LogP contribution in [0.3, 0.4) is 0 Å². The first-order valence-electron chi connectivity index (χ1n) is 10.8. The van der Waals surface area contributed by atoms with Crippen LogP contribution in [0.4, 0.5) is 0 Å². The second kappa shape index (κ2) is 9.16. The van der Waals surface area contributed by atoms with Gasteiger partial charge in [-0.3, -0.25) is 14.7 Å². The lowest BCUT2D eigenvalue weighted by Crippen LogP contribution is -2.50. The summed E-state index contributed by atoms with van der Waals surface area (Å²) >= 11 is 0. The number of hydrogen-bond acceptors (Lipinski definition) is 5. The van der Waals surface area contributed by atoms with E-state index < -0.39 is 0 Å². The monoisotopic (exact) mass is 424 g/mol. The number of aromatic nitrogens is 2. The number of carbonyl (C=O) groups is 1. The summed E-state index contributed by atoms with van der Waals surface area (Å²) in [6.07, 6.45) is 3.39. The van der Waals surface area contributed by atoms with Crippen LogP contribution in [0.5, 0.6) is 0 Å². The minimum atomic E-state index is -0.0977. The van der Waals surface area contributed by atoms with E-state index in [-0.39, 0.29) is 11.9 Å². The first-order valence-corrected chi connectivity index (χ1v) is 10.8.